The molecule has 1 saturated carbocycles. The zero-order valence-electron chi connectivity index (χ0n) is 11.1. The number of hydrogen-bond donors (Lipinski definition) is 1. The lowest BCUT2D eigenvalue weighted by Crippen LogP contribution is -2.51. The van der Waals surface area contributed by atoms with E-state index in [1.54, 1.807) is 11.3 Å². The Hall–Kier alpha value is -0.380. The third-order valence-electron chi connectivity index (χ3n) is 4.65. The molecule has 2 nitrogen and oxygen atoms in total. The van der Waals surface area contributed by atoms with Gasteiger partial charge >= 0.3 is 0 Å². The molecule has 0 spiro atoms. The van der Waals surface area contributed by atoms with E-state index in [9.17, 15) is 5.11 Å². The van der Waals surface area contributed by atoms with Gasteiger partial charge in [0.25, 0.3) is 0 Å². The van der Waals surface area contributed by atoms with Gasteiger partial charge in [0.1, 0.15) is 0 Å². The first-order chi connectivity index (χ1) is 8.56. The van der Waals surface area contributed by atoms with Crippen molar-refractivity contribution >= 4 is 11.3 Å². The molecule has 2 aliphatic rings. The van der Waals surface area contributed by atoms with Crippen LogP contribution in [-0.2, 0) is 4.74 Å². The monoisotopic (exact) mass is 266 g/mol. The first kappa shape index (κ1) is 12.6. The molecule has 1 aromatic rings. The maximum absolute atomic E-state index is 10.7. The molecule has 2 heterocycles. The van der Waals surface area contributed by atoms with Gasteiger partial charge in [-0.2, -0.15) is 0 Å². The summed E-state index contributed by atoms with van der Waals surface area (Å²) in [7, 11) is 0. The van der Waals surface area contributed by atoms with Crippen LogP contribution >= 0.6 is 11.3 Å². The minimum Gasteiger partial charge on any atom is -0.390 e. The average molecular weight is 266 g/mol. The molecule has 1 aliphatic heterocycles. The van der Waals surface area contributed by atoms with Crippen LogP contribution in [0.2, 0.25) is 0 Å². The number of rotatable bonds is 1. The van der Waals surface area contributed by atoms with Gasteiger partial charge < -0.3 is 9.84 Å². The highest BCUT2D eigenvalue weighted by atomic mass is 32.1. The van der Waals surface area contributed by atoms with Gasteiger partial charge in [0.15, 0.2) is 0 Å². The molecule has 1 N–H and O–H groups in total. The van der Waals surface area contributed by atoms with E-state index in [2.05, 4.69) is 24.4 Å². The summed E-state index contributed by atoms with van der Waals surface area (Å²) in [4.78, 5) is 1.26. The predicted octanol–water partition coefficient (Wildman–Crippen LogP) is 3.77. The Morgan fingerprint density at radius 3 is 3.00 bits per heavy atom. The van der Waals surface area contributed by atoms with Gasteiger partial charge in [-0.1, -0.05) is 19.4 Å². The quantitative estimate of drug-likeness (QED) is 0.838. The molecule has 0 aromatic carbocycles. The van der Waals surface area contributed by atoms with Crippen molar-refractivity contribution in [3.63, 3.8) is 0 Å². The van der Waals surface area contributed by atoms with Crippen LogP contribution in [0.4, 0.5) is 0 Å². The molecular formula is C15H22O2S. The molecule has 3 heteroatoms. The number of hydrogen-bond acceptors (Lipinski definition) is 3. The van der Waals surface area contributed by atoms with E-state index < -0.39 is 5.60 Å². The Kier molecular flexibility index (Phi) is 3.25. The molecule has 0 amide bonds. The van der Waals surface area contributed by atoms with Crippen LogP contribution in [0.25, 0.3) is 0 Å². The summed E-state index contributed by atoms with van der Waals surface area (Å²) >= 11 is 1.73. The van der Waals surface area contributed by atoms with Crippen LogP contribution in [0.15, 0.2) is 17.5 Å². The van der Waals surface area contributed by atoms with E-state index >= 15 is 0 Å². The van der Waals surface area contributed by atoms with Gasteiger partial charge in [0.05, 0.1) is 17.8 Å². The molecule has 5 atom stereocenters. The standard InChI is InChI=1S/C15H22O2S/c1-10-5-6-11-12(8-10)17-13(9-15(11,2)16)14-4-3-7-18-14/h3-4,7,10-13,16H,5-6,8-9H2,1-2H3/t10-,11-,12-,13-,15?/m1/s1. The topological polar surface area (TPSA) is 29.5 Å². The Bertz CT molecular complexity index is 399. The van der Waals surface area contributed by atoms with E-state index in [-0.39, 0.29) is 12.2 Å². The van der Waals surface area contributed by atoms with E-state index in [0.29, 0.717) is 5.92 Å². The van der Waals surface area contributed by atoms with Crippen LogP contribution < -0.4 is 0 Å². The lowest BCUT2D eigenvalue weighted by Gasteiger charge is -2.49. The molecule has 3 rings (SSSR count). The second-order valence-corrected chi connectivity index (χ2v) is 7.24. The van der Waals surface area contributed by atoms with Crippen LogP contribution in [0.1, 0.15) is 50.5 Å². The summed E-state index contributed by atoms with van der Waals surface area (Å²) in [5, 5.41) is 12.8. The van der Waals surface area contributed by atoms with Crippen molar-refractivity contribution in [3.05, 3.63) is 22.4 Å². The molecule has 100 valence electrons. The Morgan fingerprint density at radius 2 is 2.28 bits per heavy atom. The molecular weight excluding hydrogens is 244 g/mol. The summed E-state index contributed by atoms with van der Waals surface area (Å²) in [6.07, 6.45) is 4.50. The van der Waals surface area contributed by atoms with Gasteiger partial charge in [-0.15, -0.1) is 11.3 Å². The van der Waals surface area contributed by atoms with Crippen LogP contribution in [0.3, 0.4) is 0 Å². The van der Waals surface area contributed by atoms with Crippen molar-refractivity contribution in [2.45, 2.75) is 57.3 Å². The molecule has 18 heavy (non-hydrogen) atoms. The lowest BCUT2D eigenvalue weighted by molar-refractivity contribution is -0.196. The zero-order chi connectivity index (χ0) is 12.8. The summed E-state index contributed by atoms with van der Waals surface area (Å²) in [6, 6.07) is 4.19. The summed E-state index contributed by atoms with van der Waals surface area (Å²) in [5.41, 5.74) is -0.572. The van der Waals surface area contributed by atoms with Gasteiger partial charge in [-0.3, -0.25) is 0 Å². The Balaban J connectivity index is 1.82. The highest BCUT2D eigenvalue weighted by molar-refractivity contribution is 7.10. The number of aliphatic hydroxyl groups is 1. The number of fused-ring (bicyclic) bond motifs is 1. The zero-order valence-corrected chi connectivity index (χ0v) is 12.0. The Morgan fingerprint density at radius 1 is 1.44 bits per heavy atom. The second kappa shape index (κ2) is 4.62. The van der Waals surface area contributed by atoms with Crippen LogP contribution in [0, 0.1) is 11.8 Å². The van der Waals surface area contributed by atoms with Crippen molar-refractivity contribution in [2.24, 2.45) is 11.8 Å². The molecule has 1 aromatic heterocycles. The molecule has 0 radical (unpaired) electrons. The normalized spacial score (nSPS) is 44.6. The summed E-state index contributed by atoms with van der Waals surface area (Å²) in [5.74, 6) is 1.05. The van der Waals surface area contributed by atoms with Crippen LogP contribution in [0.5, 0.6) is 0 Å². The summed E-state index contributed by atoms with van der Waals surface area (Å²) < 4.78 is 6.29. The van der Waals surface area contributed by atoms with E-state index in [1.165, 1.54) is 11.3 Å². The molecule has 1 aliphatic carbocycles. The molecule has 2 fully saturated rings. The highest BCUT2D eigenvalue weighted by Gasteiger charge is 2.47. The third-order valence-corrected chi connectivity index (χ3v) is 5.62. The average Bonchev–Trinajstić information content (AvgIpc) is 2.80. The maximum atomic E-state index is 10.7. The van der Waals surface area contributed by atoms with Gasteiger partial charge in [-0.05, 0) is 37.1 Å². The fourth-order valence-corrected chi connectivity index (χ4v) is 4.38. The smallest absolute Gasteiger partial charge is 0.0948 e. The molecule has 1 unspecified atom stereocenters. The molecule has 0 bridgehead atoms. The molecule has 1 saturated heterocycles. The lowest BCUT2D eigenvalue weighted by atomic mass is 9.69. The second-order valence-electron chi connectivity index (χ2n) is 6.26. The van der Waals surface area contributed by atoms with Gasteiger partial charge in [-0.25, -0.2) is 0 Å². The summed E-state index contributed by atoms with van der Waals surface area (Å²) in [6.45, 7) is 4.30. The first-order valence-corrected chi connectivity index (χ1v) is 7.85. The predicted molar refractivity (Wildman–Crippen MR) is 73.7 cm³/mol. The van der Waals surface area contributed by atoms with E-state index in [1.807, 2.05) is 6.92 Å². The van der Waals surface area contributed by atoms with Crippen molar-refractivity contribution in [1.29, 1.82) is 0 Å². The maximum Gasteiger partial charge on any atom is 0.0948 e. The van der Waals surface area contributed by atoms with Crippen molar-refractivity contribution in [1.82, 2.24) is 0 Å². The fourth-order valence-electron chi connectivity index (χ4n) is 3.62. The van der Waals surface area contributed by atoms with Crippen molar-refractivity contribution in [3.8, 4) is 0 Å². The van der Waals surface area contributed by atoms with E-state index in [4.69, 9.17) is 4.74 Å². The Labute approximate surface area is 113 Å². The third kappa shape index (κ3) is 2.24. The van der Waals surface area contributed by atoms with E-state index in [0.717, 1.165) is 25.2 Å². The number of ether oxygens (including phenoxy) is 1. The fraction of sp³-hybridized carbons (Fsp3) is 0.733. The van der Waals surface area contributed by atoms with Crippen molar-refractivity contribution < 1.29 is 9.84 Å². The van der Waals surface area contributed by atoms with Gasteiger partial charge in [0.2, 0.25) is 0 Å². The van der Waals surface area contributed by atoms with Gasteiger partial charge in [0, 0.05) is 17.2 Å². The minimum absolute atomic E-state index is 0.0894. The number of thiophene rings is 1. The SMILES string of the molecule is C[C@@H]1CC[C@@H]2[C@@H](C1)O[C@@H](c1cccs1)CC2(C)O. The minimum atomic E-state index is -0.572. The first-order valence-electron chi connectivity index (χ1n) is 6.97. The van der Waals surface area contributed by atoms with Crippen LogP contribution in [-0.4, -0.2) is 16.8 Å². The largest absolute Gasteiger partial charge is 0.390 e. The highest BCUT2D eigenvalue weighted by Crippen LogP contribution is 2.48. The van der Waals surface area contributed by atoms with Crippen molar-refractivity contribution in [2.75, 3.05) is 0 Å².